The molecule has 5 heteroatoms. The molecule has 0 aliphatic heterocycles. The van der Waals surface area contributed by atoms with Crippen LogP contribution in [0.2, 0.25) is 0 Å². The fourth-order valence-electron chi connectivity index (χ4n) is 1.49. The monoisotopic (exact) mass is 240 g/mol. The van der Waals surface area contributed by atoms with Gasteiger partial charge in [0.25, 0.3) is 5.91 Å². The summed E-state index contributed by atoms with van der Waals surface area (Å²) >= 11 is 0. The van der Waals surface area contributed by atoms with Crippen LogP contribution in [0.5, 0.6) is 0 Å². The summed E-state index contributed by atoms with van der Waals surface area (Å²) in [6.45, 7) is 5.35. The molecule has 1 rings (SSSR count). The van der Waals surface area contributed by atoms with Crippen LogP contribution < -0.4 is 10.6 Å². The second kappa shape index (κ2) is 7.09. The van der Waals surface area contributed by atoms with Crippen LogP contribution >= 0.6 is 0 Å². The molecule has 5 nitrogen and oxygen atoms in total. The maximum absolute atomic E-state index is 11.7. The fourth-order valence-corrected chi connectivity index (χ4v) is 1.49. The molecule has 0 aliphatic rings. The number of rotatable bonds is 7. The Labute approximate surface area is 101 Å². The molecule has 0 aliphatic carbocycles. The number of aryl methyl sites for hydroxylation is 1. The van der Waals surface area contributed by atoms with Crippen molar-refractivity contribution in [1.82, 2.24) is 10.6 Å². The maximum Gasteiger partial charge on any atom is 0.254 e. The zero-order valence-corrected chi connectivity index (χ0v) is 10.3. The van der Waals surface area contributed by atoms with E-state index in [0.717, 1.165) is 0 Å². The lowest BCUT2D eigenvalue weighted by molar-refractivity contribution is 0.0951. The van der Waals surface area contributed by atoms with Crippen LogP contribution in [-0.4, -0.2) is 36.8 Å². The highest BCUT2D eigenvalue weighted by atomic mass is 16.3. The summed E-state index contributed by atoms with van der Waals surface area (Å²) in [5.41, 5.74) is 0.600. The van der Waals surface area contributed by atoms with Gasteiger partial charge < -0.3 is 20.2 Å². The number of carbonyl (C=O) groups is 1. The summed E-state index contributed by atoms with van der Waals surface area (Å²) in [6, 6.07) is 1.68. The molecular weight excluding hydrogens is 220 g/mol. The second-order valence-electron chi connectivity index (χ2n) is 3.92. The van der Waals surface area contributed by atoms with Crippen molar-refractivity contribution in [3.8, 4) is 0 Å². The Hall–Kier alpha value is -1.33. The van der Waals surface area contributed by atoms with Crippen LogP contribution in [0.3, 0.4) is 0 Å². The number of amides is 1. The number of nitrogens with one attached hydrogen (secondary N) is 2. The number of aliphatic hydroxyl groups excluding tert-OH is 1. The molecule has 0 aromatic carbocycles. The van der Waals surface area contributed by atoms with E-state index in [4.69, 9.17) is 9.52 Å². The van der Waals surface area contributed by atoms with Crippen LogP contribution in [0.15, 0.2) is 16.7 Å². The predicted molar refractivity (Wildman–Crippen MR) is 65.0 cm³/mol. The van der Waals surface area contributed by atoms with Crippen molar-refractivity contribution in [3.05, 3.63) is 23.7 Å². The molecule has 1 atom stereocenters. The molecule has 0 saturated carbocycles. The van der Waals surface area contributed by atoms with Crippen molar-refractivity contribution >= 4 is 5.91 Å². The SMILES string of the molecule is CCc1occc1C(=O)NCCNCC(C)O. The minimum absolute atomic E-state index is 0.116. The van der Waals surface area contributed by atoms with E-state index in [9.17, 15) is 4.79 Å². The molecular formula is C12H20N2O3. The van der Waals surface area contributed by atoms with E-state index in [1.54, 1.807) is 13.0 Å². The number of hydrogen-bond acceptors (Lipinski definition) is 4. The molecule has 1 aromatic rings. The lowest BCUT2D eigenvalue weighted by Crippen LogP contribution is -2.34. The average Bonchev–Trinajstić information content (AvgIpc) is 2.75. The Kier molecular flexibility index (Phi) is 5.72. The van der Waals surface area contributed by atoms with Gasteiger partial charge in [-0.3, -0.25) is 4.79 Å². The Bertz CT molecular complexity index is 347. The summed E-state index contributed by atoms with van der Waals surface area (Å²) in [5, 5.41) is 14.8. The van der Waals surface area contributed by atoms with Crippen molar-refractivity contribution in [2.24, 2.45) is 0 Å². The molecule has 0 spiro atoms. The van der Waals surface area contributed by atoms with Gasteiger partial charge in [-0.25, -0.2) is 0 Å². The van der Waals surface area contributed by atoms with E-state index in [-0.39, 0.29) is 12.0 Å². The largest absolute Gasteiger partial charge is 0.469 e. The number of hydrogen-bond donors (Lipinski definition) is 3. The third-order valence-electron chi connectivity index (χ3n) is 2.34. The molecule has 96 valence electrons. The van der Waals surface area contributed by atoms with Gasteiger partial charge in [-0.1, -0.05) is 6.92 Å². The molecule has 1 aromatic heterocycles. The third-order valence-corrected chi connectivity index (χ3v) is 2.34. The Morgan fingerprint density at radius 3 is 2.94 bits per heavy atom. The summed E-state index contributed by atoms with van der Waals surface area (Å²) in [7, 11) is 0. The predicted octanol–water partition coefficient (Wildman–Crippen LogP) is 0.542. The van der Waals surface area contributed by atoms with E-state index in [1.807, 2.05) is 6.92 Å². The zero-order valence-electron chi connectivity index (χ0n) is 10.3. The van der Waals surface area contributed by atoms with Gasteiger partial charge in [0, 0.05) is 26.1 Å². The lowest BCUT2D eigenvalue weighted by atomic mass is 10.2. The first-order chi connectivity index (χ1) is 8.15. The number of aliphatic hydroxyl groups is 1. The van der Waals surface area contributed by atoms with E-state index < -0.39 is 0 Å². The van der Waals surface area contributed by atoms with Gasteiger partial charge in [0.2, 0.25) is 0 Å². The quantitative estimate of drug-likeness (QED) is 0.608. The molecule has 0 radical (unpaired) electrons. The molecule has 17 heavy (non-hydrogen) atoms. The van der Waals surface area contributed by atoms with Gasteiger partial charge in [0.15, 0.2) is 0 Å². The third kappa shape index (κ3) is 4.58. The first kappa shape index (κ1) is 13.7. The van der Waals surface area contributed by atoms with Crippen LogP contribution in [-0.2, 0) is 6.42 Å². The van der Waals surface area contributed by atoms with E-state index in [2.05, 4.69) is 10.6 Å². The number of furan rings is 1. The molecule has 0 saturated heterocycles. The van der Waals surface area contributed by atoms with Crippen LogP contribution in [0, 0.1) is 0 Å². The summed E-state index contributed by atoms with van der Waals surface area (Å²) in [4.78, 5) is 11.7. The molecule has 1 heterocycles. The maximum atomic E-state index is 11.7. The molecule has 0 fully saturated rings. The van der Waals surface area contributed by atoms with Gasteiger partial charge in [0.05, 0.1) is 17.9 Å². The summed E-state index contributed by atoms with van der Waals surface area (Å²) < 4.78 is 5.18. The van der Waals surface area contributed by atoms with Crippen LogP contribution in [0.4, 0.5) is 0 Å². The van der Waals surface area contributed by atoms with Gasteiger partial charge in [-0.05, 0) is 13.0 Å². The minimum atomic E-state index is -0.369. The zero-order chi connectivity index (χ0) is 12.7. The summed E-state index contributed by atoms with van der Waals surface area (Å²) in [5.74, 6) is 0.592. The summed E-state index contributed by atoms with van der Waals surface area (Å²) in [6.07, 6.45) is 1.86. The normalized spacial score (nSPS) is 12.4. The van der Waals surface area contributed by atoms with Crippen molar-refractivity contribution in [2.45, 2.75) is 26.4 Å². The highest BCUT2D eigenvalue weighted by Gasteiger charge is 2.12. The average molecular weight is 240 g/mol. The van der Waals surface area contributed by atoms with Gasteiger partial charge in [0.1, 0.15) is 5.76 Å². The van der Waals surface area contributed by atoms with E-state index in [1.165, 1.54) is 6.26 Å². The van der Waals surface area contributed by atoms with E-state index >= 15 is 0 Å². The first-order valence-corrected chi connectivity index (χ1v) is 5.88. The Balaban J connectivity index is 2.26. The molecule has 3 N–H and O–H groups in total. The topological polar surface area (TPSA) is 74.5 Å². The Morgan fingerprint density at radius 2 is 2.29 bits per heavy atom. The highest BCUT2D eigenvalue weighted by molar-refractivity contribution is 5.95. The number of carbonyl (C=O) groups excluding carboxylic acids is 1. The Morgan fingerprint density at radius 1 is 1.53 bits per heavy atom. The van der Waals surface area contributed by atoms with Crippen molar-refractivity contribution < 1.29 is 14.3 Å². The standard InChI is InChI=1S/C12H20N2O3/c1-3-11-10(4-7-17-11)12(16)14-6-5-13-8-9(2)15/h4,7,9,13,15H,3,5-6,8H2,1-2H3,(H,14,16). The fraction of sp³-hybridized carbons (Fsp3) is 0.583. The van der Waals surface area contributed by atoms with E-state index in [0.29, 0.717) is 37.4 Å². The van der Waals surface area contributed by atoms with Crippen LogP contribution in [0.25, 0.3) is 0 Å². The molecule has 1 amide bonds. The van der Waals surface area contributed by atoms with Crippen molar-refractivity contribution in [3.63, 3.8) is 0 Å². The first-order valence-electron chi connectivity index (χ1n) is 5.88. The van der Waals surface area contributed by atoms with Gasteiger partial charge in [-0.15, -0.1) is 0 Å². The van der Waals surface area contributed by atoms with Crippen molar-refractivity contribution in [1.29, 1.82) is 0 Å². The van der Waals surface area contributed by atoms with Gasteiger partial charge >= 0.3 is 0 Å². The second-order valence-corrected chi connectivity index (χ2v) is 3.92. The molecule has 1 unspecified atom stereocenters. The van der Waals surface area contributed by atoms with Crippen molar-refractivity contribution in [2.75, 3.05) is 19.6 Å². The van der Waals surface area contributed by atoms with Crippen LogP contribution in [0.1, 0.15) is 30.0 Å². The molecule has 0 bridgehead atoms. The lowest BCUT2D eigenvalue weighted by Gasteiger charge is -2.08. The van der Waals surface area contributed by atoms with Gasteiger partial charge in [-0.2, -0.15) is 0 Å². The minimum Gasteiger partial charge on any atom is -0.469 e. The smallest absolute Gasteiger partial charge is 0.254 e. The highest BCUT2D eigenvalue weighted by Crippen LogP contribution is 2.10.